The minimum atomic E-state index is -0.109. The lowest BCUT2D eigenvalue weighted by Crippen LogP contribution is -2.33. The highest BCUT2D eigenvalue weighted by atomic mass is 35.5. The van der Waals surface area contributed by atoms with Gasteiger partial charge in [0, 0.05) is 13.1 Å². The van der Waals surface area contributed by atoms with Crippen LogP contribution in [0.15, 0.2) is 12.1 Å². The first-order valence-corrected chi connectivity index (χ1v) is 7.88. The average molecular weight is 310 g/mol. The van der Waals surface area contributed by atoms with Crippen molar-refractivity contribution in [3.8, 4) is 0 Å². The van der Waals surface area contributed by atoms with Gasteiger partial charge in [0.25, 0.3) is 5.91 Å². The Hall–Kier alpha value is -1.29. The van der Waals surface area contributed by atoms with Crippen molar-refractivity contribution in [1.82, 2.24) is 9.88 Å². The molecule has 2 rings (SSSR count). The summed E-state index contributed by atoms with van der Waals surface area (Å²) in [5.74, 6) is 0.853. The quantitative estimate of drug-likeness (QED) is 0.862. The monoisotopic (exact) mass is 309 g/mol. The first-order valence-electron chi connectivity index (χ1n) is 7.50. The van der Waals surface area contributed by atoms with Gasteiger partial charge in [0.2, 0.25) is 0 Å². The van der Waals surface area contributed by atoms with E-state index < -0.39 is 0 Å². The summed E-state index contributed by atoms with van der Waals surface area (Å²) in [5.41, 5.74) is 6.22. The number of rotatable bonds is 1. The highest BCUT2D eigenvalue weighted by Gasteiger charge is 2.29. The van der Waals surface area contributed by atoms with Crippen LogP contribution in [-0.4, -0.2) is 28.9 Å². The van der Waals surface area contributed by atoms with Crippen molar-refractivity contribution >= 4 is 23.3 Å². The van der Waals surface area contributed by atoms with Crippen LogP contribution in [0.3, 0.4) is 0 Å². The molecule has 21 heavy (non-hydrogen) atoms. The Kier molecular flexibility index (Phi) is 4.77. The maximum atomic E-state index is 12.6. The minimum Gasteiger partial charge on any atom is -0.384 e. The highest BCUT2D eigenvalue weighted by Crippen LogP contribution is 2.34. The molecule has 1 atom stereocenters. The predicted octanol–water partition coefficient (Wildman–Crippen LogP) is 3.61. The number of hydrogen-bond acceptors (Lipinski definition) is 3. The van der Waals surface area contributed by atoms with Crippen LogP contribution in [0.2, 0.25) is 5.02 Å². The van der Waals surface area contributed by atoms with E-state index in [0.717, 1.165) is 32.4 Å². The number of pyridine rings is 1. The van der Waals surface area contributed by atoms with Crippen LogP contribution in [0.1, 0.15) is 50.5 Å². The Labute approximate surface area is 131 Å². The number of amides is 1. The Morgan fingerprint density at radius 3 is 2.71 bits per heavy atom. The van der Waals surface area contributed by atoms with Crippen molar-refractivity contribution in [3.05, 3.63) is 22.8 Å². The topological polar surface area (TPSA) is 59.2 Å². The molecule has 0 saturated carbocycles. The second-order valence-electron chi connectivity index (χ2n) is 6.85. The number of anilines is 1. The van der Waals surface area contributed by atoms with E-state index in [4.69, 9.17) is 17.3 Å². The lowest BCUT2D eigenvalue weighted by molar-refractivity contribution is 0.0750. The van der Waals surface area contributed by atoms with Crippen LogP contribution in [-0.2, 0) is 0 Å². The fraction of sp³-hybridized carbons (Fsp3) is 0.625. The van der Waals surface area contributed by atoms with Gasteiger partial charge in [-0.1, -0.05) is 32.4 Å². The van der Waals surface area contributed by atoms with Gasteiger partial charge in [-0.05, 0) is 42.7 Å². The molecule has 1 aromatic rings. The molecule has 1 aromatic heterocycles. The lowest BCUT2D eigenvalue weighted by Gasteiger charge is -2.29. The number of nitrogen functional groups attached to an aromatic ring is 1. The SMILES string of the molecule is CC(C)(C)C1CCCN(C(=O)c2nc(N)ccc2Cl)CC1. The van der Waals surface area contributed by atoms with Crippen molar-refractivity contribution < 1.29 is 4.79 Å². The highest BCUT2D eigenvalue weighted by molar-refractivity contribution is 6.33. The average Bonchev–Trinajstić information content (AvgIpc) is 2.66. The van der Waals surface area contributed by atoms with Crippen molar-refractivity contribution in [3.63, 3.8) is 0 Å². The second kappa shape index (κ2) is 6.22. The molecule has 1 fully saturated rings. The molecule has 4 nitrogen and oxygen atoms in total. The number of carbonyl (C=O) groups is 1. The Morgan fingerprint density at radius 1 is 1.33 bits per heavy atom. The molecule has 1 saturated heterocycles. The zero-order valence-electron chi connectivity index (χ0n) is 13.0. The number of nitrogens with two attached hydrogens (primary N) is 1. The summed E-state index contributed by atoms with van der Waals surface area (Å²) in [6.45, 7) is 8.33. The summed E-state index contributed by atoms with van der Waals surface area (Å²) < 4.78 is 0. The molecular formula is C16H24ClN3O. The van der Waals surface area contributed by atoms with E-state index in [9.17, 15) is 4.79 Å². The number of carbonyl (C=O) groups excluding carboxylic acids is 1. The van der Waals surface area contributed by atoms with E-state index in [2.05, 4.69) is 25.8 Å². The van der Waals surface area contributed by atoms with E-state index in [0.29, 0.717) is 16.8 Å². The van der Waals surface area contributed by atoms with Crippen LogP contribution >= 0.6 is 11.6 Å². The summed E-state index contributed by atoms with van der Waals surface area (Å²) in [6, 6.07) is 3.24. The third kappa shape index (κ3) is 3.88. The molecule has 5 heteroatoms. The molecule has 1 aliphatic heterocycles. The normalized spacial score (nSPS) is 20.2. The third-order valence-electron chi connectivity index (χ3n) is 4.31. The van der Waals surface area contributed by atoms with E-state index in [1.54, 1.807) is 12.1 Å². The molecule has 1 aliphatic rings. The number of halogens is 1. The van der Waals surface area contributed by atoms with E-state index in [1.165, 1.54) is 0 Å². The molecule has 2 heterocycles. The van der Waals surface area contributed by atoms with Gasteiger partial charge in [0.1, 0.15) is 11.5 Å². The maximum absolute atomic E-state index is 12.6. The summed E-state index contributed by atoms with van der Waals surface area (Å²) >= 11 is 6.09. The number of aromatic nitrogens is 1. The molecular weight excluding hydrogens is 286 g/mol. The van der Waals surface area contributed by atoms with Gasteiger partial charge in [-0.2, -0.15) is 0 Å². The zero-order chi connectivity index (χ0) is 15.6. The fourth-order valence-electron chi connectivity index (χ4n) is 2.92. The van der Waals surface area contributed by atoms with Gasteiger partial charge in [-0.25, -0.2) is 4.98 Å². The molecule has 1 unspecified atom stereocenters. The second-order valence-corrected chi connectivity index (χ2v) is 7.26. The van der Waals surface area contributed by atoms with Crippen LogP contribution in [0.5, 0.6) is 0 Å². The molecule has 2 N–H and O–H groups in total. The van der Waals surface area contributed by atoms with E-state index in [1.807, 2.05) is 4.90 Å². The summed E-state index contributed by atoms with van der Waals surface area (Å²) in [5, 5.41) is 0.366. The third-order valence-corrected chi connectivity index (χ3v) is 4.62. The van der Waals surface area contributed by atoms with Gasteiger partial charge in [0.15, 0.2) is 0 Å². The Bertz CT molecular complexity index is 525. The van der Waals surface area contributed by atoms with Crippen LogP contribution in [0.25, 0.3) is 0 Å². The summed E-state index contributed by atoms with van der Waals surface area (Å²) in [4.78, 5) is 18.6. The van der Waals surface area contributed by atoms with E-state index >= 15 is 0 Å². The standard InChI is InChI=1S/C16H24ClN3O/c1-16(2,3)11-5-4-9-20(10-8-11)15(21)14-12(17)6-7-13(18)19-14/h6-7,11H,4-5,8-10H2,1-3H3,(H2,18,19). The van der Waals surface area contributed by atoms with Gasteiger partial charge in [-0.3, -0.25) is 4.79 Å². The van der Waals surface area contributed by atoms with Gasteiger partial charge >= 0.3 is 0 Å². The molecule has 0 aromatic carbocycles. The first kappa shape index (κ1) is 16.1. The Balaban J connectivity index is 2.12. The largest absolute Gasteiger partial charge is 0.384 e. The fourth-order valence-corrected chi connectivity index (χ4v) is 3.11. The van der Waals surface area contributed by atoms with Gasteiger partial charge in [0.05, 0.1) is 5.02 Å². The van der Waals surface area contributed by atoms with Crippen LogP contribution in [0, 0.1) is 11.3 Å². The van der Waals surface area contributed by atoms with Crippen molar-refractivity contribution in [2.24, 2.45) is 11.3 Å². The Morgan fingerprint density at radius 2 is 2.05 bits per heavy atom. The van der Waals surface area contributed by atoms with Crippen molar-refractivity contribution in [2.45, 2.75) is 40.0 Å². The van der Waals surface area contributed by atoms with Crippen LogP contribution < -0.4 is 5.73 Å². The number of likely N-dealkylation sites (tertiary alicyclic amines) is 1. The van der Waals surface area contributed by atoms with Gasteiger partial charge in [-0.15, -0.1) is 0 Å². The molecule has 0 aliphatic carbocycles. The lowest BCUT2D eigenvalue weighted by atomic mass is 9.77. The van der Waals surface area contributed by atoms with Crippen molar-refractivity contribution in [1.29, 1.82) is 0 Å². The smallest absolute Gasteiger partial charge is 0.274 e. The van der Waals surface area contributed by atoms with Crippen molar-refractivity contribution in [2.75, 3.05) is 18.8 Å². The maximum Gasteiger partial charge on any atom is 0.274 e. The molecule has 116 valence electrons. The summed E-state index contributed by atoms with van der Waals surface area (Å²) in [7, 11) is 0. The first-order chi connectivity index (χ1) is 9.79. The van der Waals surface area contributed by atoms with E-state index in [-0.39, 0.29) is 17.0 Å². The molecule has 0 bridgehead atoms. The van der Waals surface area contributed by atoms with Crippen LogP contribution in [0.4, 0.5) is 5.82 Å². The number of hydrogen-bond donors (Lipinski definition) is 1. The molecule has 0 spiro atoms. The number of nitrogens with zero attached hydrogens (tertiary/aromatic N) is 2. The minimum absolute atomic E-state index is 0.109. The van der Waals surface area contributed by atoms with Gasteiger partial charge < -0.3 is 10.6 Å². The molecule has 1 amide bonds. The predicted molar refractivity (Wildman–Crippen MR) is 86.4 cm³/mol. The molecule has 0 radical (unpaired) electrons. The zero-order valence-corrected chi connectivity index (χ0v) is 13.8. The summed E-state index contributed by atoms with van der Waals surface area (Å²) in [6.07, 6.45) is 3.20.